The molecule has 1 unspecified atom stereocenters. The molecule has 0 heterocycles. The smallest absolute Gasteiger partial charge is 0.367 e. The first kappa shape index (κ1) is 12.3. The van der Waals surface area contributed by atoms with Crippen molar-refractivity contribution < 1.29 is 18.6 Å². The van der Waals surface area contributed by atoms with Crippen molar-refractivity contribution in [1.29, 1.82) is 0 Å². The first-order chi connectivity index (χ1) is 6.99. The van der Waals surface area contributed by atoms with Gasteiger partial charge in [-0.15, -0.1) is 0 Å². The molecule has 0 aromatic carbocycles. The Bertz CT molecular complexity index is 273. The van der Waals surface area contributed by atoms with Crippen LogP contribution < -0.4 is 11.5 Å². The Morgan fingerprint density at radius 1 is 1.33 bits per heavy atom. The van der Waals surface area contributed by atoms with Gasteiger partial charge in [0.05, 0.1) is 6.10 Å². The van der Waals surface area contributed by atoms with E-state index in [0.29, 0.717) is 0 Å². The number of guanidine groups is 1. The maximum Gasteiger partial charge on any atom is 0.548 e. The predicted octanol–water partition coefficient (Wildman–Crippen LogP) is 0.641. The fraction of sp³-hybridized carbons (Fsp3) is 0.857. The quantitative estimate of drug-likeness (QED) is 0.285. The van der Waals surface area contributed by atoms with Crippen LogP contribution in [0.3, 0.4) is 0 Å². The molecule has 0 amide bonds. The lowest BCUT2D eigenvalue weighted by atomic mass is 9.98. The molecule has 0 aromatic heterocycles. The molecule has 7 nitrogen and oxygen atoms in total. The fourth-order valence-electron chi connectivity index (χ4n) is 1.48. The Kier molecular flexibility index (Phi) is 4.38. The van der Waals surface area contributed by atoms with E-state index in [0.717, 1.165) is 32.1 Å². The summed E-state index contributed by atoms with van der Waals surface area (Å²) in [5.74, 6) is -0.420. The molecule has 1 fully saturated rings. The molecule has 1 saturated carbocycles. The summed E-state index contributed by atoms with van der Waals surface area (Å²) in [6.07, 6.45) is 4.39. The van der Waals surface area contributed by atoms with Crippen molar-refractivity contribution >= 4 is 13.8 Å². The van der Waals surface area contributed by atoms with Gasteiger partial charge in [0.2, 0.25) is 5.96 Å². The largest absolute Gasteiger partial charge is 0.548 e. The fourth-order valence-corrected chi connectivity index (χ4v) is 2.30. The van der Waals surface area contributed by atoms with E-state index in [2.05, 4.69) is 9.78 Å². The summed E-state index contributed by atoms with van der Waals surface area (Å²) in [6, 6.07) is 0. The SMILES string of the molecule is NC(N)=NOP(=O)(O)OC1CCCCC1. The van der Waals surface area contributed by atoms with Crippen molar-refractivity contribution in [3.8, 4) is 0 Å². The van der Waals surface area contributed by atoms with Crippen LogP contribution in [0.15, 0.2) is 5.16 Å². The molecule has 1 aliphatic rings. The Morgan fingerprint density at radius 2 is 1.93 bits per heavy atom. The van der Waals surface area contributed by atoms with E-state index in [1.165, 1.54) is 0 Å². The number of oxime groups is 1. The van der Waals surface area contributed by atoms with E-state index in [1.54, 1.807) is 0 Å². The Labute approximate surface area is 88.0 Å². The van der Waals surface area contributed by atoms with E-state index in [1.807, 2.05) is 0 Å². The Hall–Kier alpha value is -0.780. The average Bonchev–Trinajstić information content (AvgIpc) is 2.16. The van der Waals surface area contributed by atoms with Crippen LogP contribution in [0.4, 0.5) is 0 Å². The van der Waals surface area contributed by atoms with E-state index in [4.69, 9.17) is 16.0 Å². The second-order valence-electron chi connectivity index (χ2n) is 3.43. The lowest BCUT2D eigenvalue weighted by Gasteiger charge is -2.22. The molecule has 1 aliphatic carbocycles. The third-order valence-electron chi connectivity index (χ3n) is 2.08. The standard InChI is InChI=1S/C7H16N3O4P/c8-7(9)10-14-15(11,12)13-6-4-2-1-3-5-6/h6H,1-5H2,(H,11,12)(H4,8,9,10). The molecule has 0 spiro atoms. The Morgan fingerprint density at radius 3 is 2.47 bits per heavy atom. The van der Waals surface area contributed by atoms with Crippen molar-refractivity contribution in [2.75, 3.05) is 0 Å². The van der Waals surface area contributed by atoms with Crippen LogP contribution in [-0.4, -0.2) is 17.0 Å². The summed E-state index contributed by atoms with van der Waals surface area (Å²) in [7, 11) is -4.16. The van der Waals surface area contributed by atoms with Gasteiger partial charge >= 0.3 is 7.82 Å². The van der Waals surface area contributed by atoms with Gasteiger partial charge in [0.25, 0.3) is 0 Å². The minimum atomic E-state index is -4.16. The topological polar surface area (TPSA) is 120 Å². The first-order valence-corrected chi connectivity index (χ1v) is 6.28. The summed E-state index contributed by atoms with van der Waals surface area (Å²) in [5, 5.41) is 3.00. The van der Waals surface area contributed by atoms with Gasteiger partial charge in [-0.3, -0.25) is 14.0 Å². The number of rotatable bonds is 4. The minimum absolute atomic E-state index is 0.246. The second-order valence-corrected chi connectivity index (χ2v) is 4.74. The van der Waals surface area contributed by atoms with Crippen LogP contribution >= 0.6 is 7.82 Å². The Balaban J connectivity index is 2.40. The number of hydrogen-bond donors (Lipinski definition) is 3. The average molecular weight is 237 g/mol. The van der Waals surface area contributed by atoms with Gasteiger partial charge < -0.3 is 11.5 Å². The highest BCUT2D eigenvalue weighted by atomic mass is 31.2. The molecule has 8 heteroatoms. The molecule has 1 atom stereocenters. The molecule has 0 bridgehead atoms. The number of phosphoric acid groups is 1. The highest BCUT2D eigenvalue weighted by Crippen LogP contribution is 2.46. The van der Waals surface area contributed by atoms with Gasteiger partial charge in [0.1, 0.15) is 0 Å². The van der Waals surface area contributed by atoms with Crippen molar-refractivity contribution in [2.45, 2.75) is 38.2 Å². The molecular formula is C7H16N3O4P. The zero-order chi connectivity index (χ0) is 11.3. The molecule has 5 N–H and O–H groups in total. The summed E-state index contributed by atoms with van der Waals surface area (Å²) in [5.41, 5.74) is 9.90. The monoisotopic (exact) mass is 237 g/mol. The predicted molar refractivity (Wildman–Crippen MR) is 54.7 cm³/mol. The lowest BCUT2D eigenvalue weighted by molar-refractivity contribution is 0.0840. The molecular weight excluding hydrogens is 221 g/mol. The molecule has 0 aromatic rings. The van der Waals surface area contributed by atoms with Crippen LogP contribution in [0.1, 0.15) is 32.1 Å². The van der Waals surface area contributed by atoms with Gasteiger partial charge in [-0.25, -0.2) is 4.57 Å². The van der Waals surface area contributed by atoms with Gasteiger partial charge in [0, 0.05) is 0 Å². The molecule has 88 valence electrons. The number of hydrogen-bond acceptors (Lipinski definition) is 4. The molecule has 0 aliphatic heterocycles. The number of nitrogens with two attached hydrogens (primary N) is 2. The van der Waals surface area contributed by atoms with Gasteiger partial charge in [-0.1, -0.05) is 19.3 Å². The minimum Gasteiger partial charge on any atom is -0.367 e. The summed E-state index contributed by atoms with van der Waals surface area (Å²) in [4.78, 5) is 9.21. The first-order valence-electron chi connectivity index (χ1n) is 4.78. The highest BCUT2D eigenvalue weighted by molar-refractivity contribution is 7.47. The summed E-state index contributed by atoms with van der Waals surface area (Å²) in [6.45, 7) is 0. The highest BCUT2D eigenvalue weighted by Gasteiger charge is 2.29. The third-order valence-corrected chi connectivity index (χ3v) is 2.94. The van der Waals surface area contributed by atoms with E-state index in [-0.39, 0.29) is 6.10 Å². The maximum atomic E-state index is 11.3. The van der Waals surface area contributed by atoms with Gasteiger partial charge in [0.15, 0.2) is 0 Å². The van der Waals surface area contributed by atoms with Crippen LogP contribution in [0, 0.1) is 0 Å². The molecule has 0 radical (unpaired) electrons. The third kappa shape index (κ3) is 5.01. The van der Waals surface area contributed by atoms with E-state index >= 15 is 0 Å². The van der Waals surface area contributed by atoms with E-state index < -0.39 is 13.8 Å². The van der Waals surface area contributed by atoms with Crippen LogP contribution in [0.2, 0.25) is 0 Å². The van der Waals surface area contributed by atoms with Crippen LogP contribution in [0.5, 0.6) is 0 Å². The zero-order valence-corrected chi connectivity index (χ0v) is 9.23. The normalized spacial score (nSPS) is 21.7. The van der Waals surface area contributed by atoms with Crippen LogP contribution in [-0.2, 0) is 13.7 Å². The summed E-state index contributed by atoms with van der Waals surface area (Å²) < 4.78 is 20.4. The van der Waals surface area contributed by atoms with Crippen LogP contribution in [0.25, 0.3) is 0 Å². The van der Waals surface area contributed by atoms with Gasteiger partial charge in [-0.2, -0.15) is 0 Å². The molecule has 0 saturated heterocycles. The van der Waals surface area contributed by atoms with Crippen molar-refractivity contribution in [1.82, 2.24) is 0 Å². The van der Waals surface area contributed by atoms with Crippen molar-refractivity contribution in [2.24, 2.45) is 16.6 Å². The lowest BCUT2D eigenvalue weighted by Crippen LogP contribution is -2.23. The molecule has 1 rings (SSSR count). The zero-order valence-electron chi connectivity index (χ0n) is 8.33. The van der Waals surface area contributed by atoms with Gasteiger partial charge in [-0.05, 0) is 18.0 Å². The van der Waals surface area contributed by atoms with Crippen molar-refractivity contribution in [3.63, 3.8) is 0 Å². The van der Waals surface area contributed by atoms with Crippen molar-refractivity contribution in [3.05, 3.63) is 0 Å². The van der Waals surface area contributed by atoms with E-state index in [9.17, 15) is 9.46 Å². The number of phosphoric ester groups is 1. The number of nitrogens with zero attached hydrogens (tertiary/aromatic N) is 1. The molecule has 15 heavy (non-hydrogen) atoms. The second kappa shape index (κ2) is 5.34. The summed E-state index contributed by atoms with van der Waals surface area (Å²) >= 11 is 0. The maximum absolute atomic E-state index is 11.3.